The molecule has 0 saturated heterocycles. The van der Waals surface area contributed by atoms with Crippen molar-refractivity contribution in [2.75, 3.05) is 11.6 Å². The van der Waals surface area contributed by atoms with E-state index in [1.165, 1.54) is 30.5 Å². The summed E-state index contributed by atoms with van der Waals surface area (Å²) in [4.78, 5) is 2.85. The molecule has 3 aromatic rings. The van der Waals surface area contributed by atoms with Gasteiger partial charge in [0.25, 0.3) is 0 Å². The average molecular weight is 348 g/mol. The number of nitrogens with zero attached hydrogens (tertiary/aromatic N) is 1. The highest BCUT2D eigenvalue weighted by Crippen LogP contribution is 2.38. The summed E-state index contributed by atoms with van der Waals surface area (Å²) in [6, 6.07) is 7.30. The van der Waals surface area contributed by atoms with Crippen LogP contribution in [-0.4, -0.2) is 16.7 Å². The van der Waals surface area contributed by atoms with E-state index in [2.05, 4.69) is 4.98 Å². The van der Waals surface area contributed by atoms with Crippen molar-refractivity contribution in [1.29, 1.82) is 0 Å². The van der Waals surface area contributed by atoms with Gasteiger partial charge in [-0.25, -0.2) is 19.0 Å². The number of anilines is 1. The number of aromatic nitrogens is 1. The van der Waals surface area contributed by atoms with Crippen LogP contribution in [0.25, 0.3) is 22.2 Å². The average Bonchev–Trinajstić information content (AvgIpc) is 2.95. The first-order valence-corrected chi connectivity index (χ1v) is 7.28. The standard InChI is InChI=1S/C17H15F3N4O/c18-10-3-1-9(2-4-10)15-17(24(22)7-12(21)8-25)13-5-11(19)6-14(20)16(13)23-15/h1-7,23,25H,8,21-22H2/b12-7-. The van der Waals surface area contributed by atoms with Crippen molar-refractivity contribution in [3.05, 3.63) is 65.7 Å². The van der Waals surface area contributed by atoms with E-state index in [0.717, 1.165) is 17.1 Å². The summed E-state index contributed by atoms with van der Waals surface area (Å²) in [6.45, 7) is -0.440. The Morgan fingerprint density at radius 3 is 2.44 bits per heavy atom. The molecular formula is C17H15F3N4O. The number of rotatable bonds is 4. The summed E-state index contributed by atoms with van der Waals surface area (Å²) < 4.78 is 41.0. The van der Waals surface area contributed by atoms with E-state index in [0.29, 0.717) is 11.3 Å². The van der Waals surface area contributed by atoms with Gasteiger partial charge in [0.15, 0.2) is 0 Å². The Bertz CT molecular complexity index is 951. The quantitative estimate of drug-likeness (QED) is 0.431. The van der Waals surface area contributed by atoms with E-state index in [-0.39, 0.29) is 22.3 Å². The minimum atomic E-state index is -0.794. The number of nitrogens with two attached hydrogens (primary N) is 2. The molecule has 0 aliphatic rings. The molecule has 0 fully saturated rings. The molecule has 0 saturated carbocycles. The van der Waals surface area contributed by atoms with Gasteiger partial charge in [-0.1, -0.05) is 0 Å². The highest BCUT2D eigenvalue weighted by molar-refractivity contribution is 6.02. The van der Waals surface area contributed by atoms with Crippen molar-refractivity contribution in [2.45, 2.75) is 0 Å². The summed E-state index contributed by atoms with van der Waals surface area (Å²) in [5.41, 5.74) is 6.77. The number of hydrogen-bond donors (Lipinski definition) is 4. The van der Waals surface area contributed by atoms with Crippen LogP contribution in [0.5, 0.6) is 0 Å². The molecule has 25 heavy (non-hydrogen) atoms. The number of aromatic amines is 1. The zero-order chi connectivity index (χ0) is 18.1. The van der Waals surface area contributed by atoms with E-state index >= 15 is 0 Å². The minimum Gasteiger partial charge on any atom is -0.399 e. The Morgan fingerprint density at radius 2 is 1.80 bits per heavy atom. The number of aliphatic hydroxyl groups is 1. The highest BCUT2D eigenvalue weighted by atomic mass is 19.1. The predicted molar refractivity (Wildman–Crippen MR) is 89.6 cm³/mol. The molecule has 2 aromatic carbocycles. The SMILES string of the molecule is N/C(=C\N(N)c1c(-c2ccc(F)cc2)[nH]c2c(F)cc(F)cc12)CO. The van der Waals surface area contributed by atoms with Gasteiger partial charge >= 0.3 is 0 Å². The fourth-order valence-electron chi connectivity index (χ4n) is 2.58. The number of benzene rings is 2. The lowest BCUT2D eigenvalue weighted by Crippen LogP contribution is -2.27. The number of fused-ring (bicyclic) bond motifs is 1. The maximum Gasteiger partial charge on any atom is 0.150 e. The molecule has 0 radical (unpaired) electrons. The number of halogens is 3. The smallest absolute Gasteiger partial charge is 0.150 e. The second-order valence-corrected chi connectivity index (χ2v) is 5.44. The summed E-state index contributed by atoms with van der Waals surface area (Å²) in [7, 11) is 0. The zero-order valence-corrected chi connectivity index (χ0v) is 12.9. The summed E-state index contributed by atoms with van der Waals surface area (Å²) >= 11 is 0. The van der Waals surface area contributed by atoms with Crippen LogP contribution in [0.15, 0.2) is 48.3 Å². The summed E-state index contributed by atoms with van der Waals surface area (Å²) in [5, 5.41) is 10.3. The van der Waals surface area contributed by atoms with Crippen molar-refractivity contribution in [3.8, 4) is 11.3 Å². The molecule has 130 valence electrons. The molecule has 1 aromatic heterocycles. The fourth-order valence-corrected chi connectivity index (χ4v) is 2.58. The minimum absolute atomic E-state index is 0.0437. The first-order valence-electron chi connectivity index (χ1n) is 7.28. The van der Waals surface area contributed by atoms with Gasteiger partial charge < -0.3 is 15.8 Å². The molecule has 0 aliphatic carbocycles. The molecule has 1 heterocycles. The van der Waals surface area contributed by atoms with Crippen molar-refractivity contribution in [1.82, 2.24) is 4.98 Å². The largest absolute Gasteiger partial charge is 0.399 e. The molecule has 0 aliphatic heterocycles. The third-order valence-corrected chi connectivity index (χ3v) is 3.68. The molecular weight excluding hydrogens is 333 g/mol. The van der Waals surface area contributed by atoms with Crippen molar-refractivity contribution < 1.29 is 18.3 Å². The molecule has 5 nitrogen and oxygen atoms in total. The fraction of sp³-hybridized carbons (Fsp3) is 0.0588. The van der Waals surface area contributed by atoms with E-state index in [1.807, 2.05) is 0 Å². The van der Waals surface area contributed by atoms with Gasteiger partial charge in [0.05, 0.1) is 29.2 Å². The van der Waals surface area contributed by atoms with Gasteiger partial charge in [-0.2, -0.15) is 0 Å². The van der Waals surface area contributed by atoms with Crippen molar-refractivity contribution >= 4 is 16.6 Å². The first kappa shape index (κ1) is 16.9. The monoisotopic (exact) mass is 348 g/mol. The molecule has 0 spiro atoms. The Kier molecular flexibility index (Phi) is 4.39. The van der Waals surface area contributed by atoms with E-state index in [9.17, 15) is 13.2 Å². The van der Waals surface area contributed by atoms with Gasteiger partial charge in [0.1, 0.15) is 17.5 Å². The van der Waals surface area contributed by atoms with Crippen LogP contribution in [0, 0.1) is 17.5 Å². The molecule has 8 heteroatoms. The molecule has 0 amide bonds. The maximum absolute atomic E-state index is 14.1. The second-order valence-electron chi connectivity index (χ2n) is 5.44. The number of aliphatic hydroxyl groups excluding tert-OH is 1. The van der Waals surface area contributed by atoms with E-state index < -0.39 is 24.1 Å². The summed E-state index contributed by atoms with van der Waals surface area (Å²) in [5.74, 6) is 3.97. The van der Waals surface area contributed by atoms with E-state index in [1.54, 1.807) is 0 Å². The predicted octanol–water partition coefficient (Wildman–Crippen LogP) is 2.72. The molecule has 3 rings (SSSR count). The zero-order valence-electron chi connectivity index (χ0n) is 12.9. The van der Waals surface area contributed by atoms with Crippen LogP contribution in [0.1, 0.15) is 0 Å². The maximum atomic E-state index is 14.1. The Labute approximate surface area is 140 Å². The van der Waals surface area contributed by atoms with Crippen LogP contribution < -0.4 is 16.6 Å². The lowest BCUT2D eigenvalue weighted by molar-refractivity contribution is 0.329. The Hall–Kier alpha value is -2.97. The third kappa shape index (κ3) is 3.17. The molecule has 0 unspecified atom stereocenters. The number of nitrogens with one attached hydrogen (secondary N) is 1. The van der Waals surface area contributed by atoms with Crippen LogP contribution in [0.4, 0.5) is 18.9 Å². The van der Waals surface area contributed by atoms with Gasteiger partial charge in [0, 0.05) is 23.2 Å². The van der Waals surface area contributed by atoms with Crippen LogP contribution >= 0.6 is 0 Å². The molecule has 0 atom stereocenters. The number of hydrazine groups is 1. The first-order chi connectivity index (χ1) is 11.9. The van der Waals surface area contributed by atoms with Crippen LogP contribution in [0.3, 0.4) is 0 Å². The normalized spacial score (nSPS) is 12.0. The number of H-pyrrole nitrogens is 1. The molecule has 6 N–H and O–H groups in total. The highest BCUT2D eigenvalue weighted by Gasteiger charge is 2.20. The van der Waals surface area contributed by atoms with Gasteiger partial charge in [-0.3, -0.25) is 5.01 Å². The van der Waals surface area contributed by atoms with Gasteiger partial charge in [-0.15, -0.1) is 0 Å². The van der Waals surface area contributed by atoms with Crippen molar-refractivity contribution in [3.63, 3.8) is 0 Å². The summed E-state index contributed by atoms with van der Waals surface area (Å²) in [6.07, 6.45) is 1.23. The van der Waals surface area contributed by atoms with Crippen LogP contribution in [-0.2, 0) is 0 Å². The third-order valence-electron chi connectivity index (χ3n) is 3.68. The number of hydrogen-bond acceptors (Lipinski definition) is 4. The second kappa shape index (κ2) is 6.50. The lowest BCUT2D eigenvalue weighted by atomic mass is 10.1. The van der Waals surface area contributed by atoms with Crippen molar-refractivity contribution in [2.24, 2.45) is 11.6 Å². The molecule has 0 bridgehead atoms. The van der Waals surface area contributed by atoms with E-state index in [4.69, 9.17) is 16.7 Å². The Morgan fingerprint density at radius 1 is 1.12 bits per heavy atom. The topological polar surface area (TPSA) is 91.3 Å². The lowest BCUT2D eigenvalue weighted by Gasteiger charge is -2.16. The van der Waals surface area contributed by atoms with Gasteiger partial charge in [-0.05, 0) is 30.3 Å². The van der Waals surface area contributed by atoms with Gasteiger partial charge in [0.2, 0.25) is 0 Å². The van der Waals surface area contributed by atoms with Crippen LogP contribution in [0.2, 0.25) is 0 Å². The Balaban J connectivity index is 2.30.